The monoisotopic (exact) mass is 254 g/mol. The first kappa shape index (κ1) is 12.4. The van der Waals surface area contributed by atoms with Crippen LogP contribution in [0.2, 0.25) is 5.02 Å². The van der Waals surface area contributed by atoms with Crippen molar-refractivity contribution in [3.63, 3.8) is 0 Å². The van der Waals surface area contributed by atoms with Crippen LogP contribution in [0.3, 0.4) is 0 Å². The number of methoxy groups -OCH3 is 1. The molecule has 1 aromatic carbocycles. The van der Waals surface area contributed by atoms with Crippen LogP contribution in [0.1, 0.15) is 30.1 Å². The van der Waals surface area contributed by atoms with Crippen molar-refractivity contribution < 1.29 is 14.3 Å². The number of halogens is 1. The SMILES string of the molecule is COc1ccc(Cl)cc1C(=O)C1CCC(C)O1. The second-order valence-corrected chi connectivity index (χ2v) is 4.66. The van der Waals surface area contributed by atoms with Gasteiger partial charge in [-0.25, -0.2) is 0 Å². The minimum Gasteiger partial charge on any atom is -0.496 e. The van der Waals surface area contributed by atoms with Gasteiger partial charge in [-0.15, -0.1) is 0 Å². The van der Waals surface area contributed by atoms with E-state index in [9.17, 15) is 4.79 Å². The van der Waals surface area contributed by atoms with Crippen molar-refractivity contribution in [2.75, 3.05) is 7.11 Å². The molecule has 2 atom stereocenters. The minimum atomic E-state index is -0.364. The third kappa shape index (κ3) is 2.61. The summed E-state index contributed by atoms with van der Waals surface area (Å²) >= 11 is 5.90. The number of ether oxygens (including phenoxy) is 2. The van der Waals surface area contributed by atoms with E-state index in [1.54, 1.807) is 18.2 Å². The van der Waals surface area contributed by atoms with Gasteiger partial charge in [-0.2, -0.15) is 0 Å². The fourth-order valence-electron chi connectivity index (χ4n) is 2.04. The molecule has 1 heterocycles. The Bertz CT molecular complexity index is 431. The molecule has 1 aromatic rings. The maximum Gasteiger partial charge on any atom is 0.195 e. The van der Waals surface area contributed by atoms with Crippen LogP contribution in [-0.2, 0) is 4.74 Å². The molecule has 0 bridgehead atoms. The van der Waals surface area contributed by atoms with Gasteiger partial charge in [-0.1, -0.05) is 11.6 Å². The van der Waals surface area contributed by atoms with Gasteiger partial charge in [0.25, 0.3) is 0 Å². The lowest BCUT2D eigenvalue weighted by Gasteiger charge is -2.13. The summed E-state index contributed by atoms with van der Waals surface area (Å²) in [6.45, 7) is 1.97. The van der Waals surface area contributed by atoms with E-state index in [1.807, 2.05) is 6.92 Å². The maximum atomic E-state index is 12.3. The number of hydrogen-bond acceptors (Lipinski definition) is 3. The first-order chi connectivity index (χ1) is 8.11. The molecule has 0 aliphatic carbocycles. The zero-order valence-corrected chi connectivity index (χ0v) is 10.7. The molecule has 1 saturated heterocycles. The van der Waals surface area contributed by atoms with Crippen molar-refractivity contribution in [2.24, 2.45) is 0 Å². The fraction of sp³-hybridized carbons (Fsp3) is 0.462. The summed E-state index contributed by atoms with van der Waals surface area (Å²) in [5.41, 5.74) is 0.499. The van der Waals surface area contributed by atoms with Crippen LogP contribution in [0, 0.1) is 0 Å². The highest BCUT2D eigenvalue weighted by Crippen LogP contribution is 2.28. The van der Waals surface area contributed by atoms with Crippen molar-refractivity contribution in [1.82, 2.24) is 0 Å². The van der Waals surface area contributed by atoms with E-state index < -0.39 is 0 Å². The molecular formula is C13H15ClO3. The zero-order valence-electron chi connectivity index (χ0n) is 9.90. The Balaban J connectivity index is 2.26. The van der Waals surface area contributed by atoms with Gasteiger partial charge in [0.15, 0.2) is 5.78 Å². The highest BCUT2D eigenvalue weighted by atomic mass is 35.5. The number of Topliss-reactive ketones (excluding diaryl/α,β-unsaturated/α-hetero) is 1. The summed E-state index contributed by atoms with van der Waals surface area (Å²) in [4.78, 5) is 12.3. The molecule has 2 unspecified atom stereocenters. The van der Waals surface area contributed by atoms with Crippen LogP contribution in [0.5, 0.6) is 5.75 Å². The summed E-state index contributed by atoms with van der Waals surface area (Å²) < 4.78 is 10.7. The smallest absolute Gasteiger partial charge is 0.195 e. The molecule has 0 spiro atoms. The van der Waals surface area contributed by atoms with Gasteiger partial charge in [0.05, 0.1) is 18.8 Å². The van der Waals surface area contributed by atoms with Crippen molar-refractivity contribution in [2.45, 2.75) is 32.0 Å². The van der Waals surface area contributed by atoms with Gasteiger partial charge >= 0.3 is 0 Å². The summed E-state index contributed by atoms with van der Waals surface area (Å²) in [6, 6.07) is 5.04. The summed E-state index contributed by atoms with van der Waals surface area (Å²) in [5, 5.41) is 0.528. The molecule has 0 N–H and O–H groups in total. The largest absolute Gasteiger partial charge is 0.496 e. The van der Waals surface area contributed by atoms with Crippen LogP contribution in [0.25, 0.3) is 0 Å². The average Bonchev–Trinajstić information content (AvgIpc) is 2.75. The molecule has 1 aliphatic rings. The highest BCUT2D eigenvalue weighted by molar-refractivity contribution is 6.31. The number of ketones is 1. The zero-order chi connectivity index (χ0) is 12.4. The molecule has 4 heteroatoms. The highest BCUT2D eigenvalue weighted by Gasteiger charge is 2.30. The van der Waals surface area contributed by atoms with Gasteiger partial charge < -0.3 is 9.47 Å². The average molecular weight is 255 g/mol. The van der Waals surface area contributed by atoms with Gasteiger partial charge in [-0.3, -0.25) is 4.79 Å². The quantitative estimate of drug-likeness (QED) is 0.778. The molecule has 0 radical (unpaired) electrons. The molecule has 1 aliphatic heterocycles. The second-order valence-electron chi connectivity index (χ2n) is 4.22. The predicted octanol–water partition coefficient (Wildman–Crippen LogP) is 3.10. The Morgan fingerprint density at radius 3 is 2.82 bits per heavy atom. The molecule has 17 heavy (non-hydrogen) atoms. The van der Waals surface area contributed by atoms with E-state index in [2.05, 4.69) is 0 Å². The maximum absolute atomic E-state index is 12.3. The van der Waals surface area contributed by atoms with Crippen molar-refractivity contribution in [1.29, 1.82) is 0 Å². The first-order valence-electron chi connectivity index (χ1n) is 5.65. The Kier molecular flexibility index (Phi) is 3.69. The summed E-state index contributed by atoms with van der Waals surface area (Å²) in [6.07, 6.45) is 1.46. The number of carbonyl (C=O) groups is 1. The topological polar surface area (TPSA) is 35.5 Å². The third-order valence-electron chi connectivity index (χ3n) is 2.95. The molecule has 92 valence electrons. The minimum absolute atomic E-state index is 0.0475. The number of rotatable bonds is 3. The van der Waals surface area contributed by atoms with Gasteiger partial charge in [-0.05, 0) is 38.0 Å². The van der Waals surface area contributed by atoms with Gasteiger partial charge in [0, 0.05) is 5.02 Å². The van der Waals surface area contributed by atoms with Crippen molar-refractivity contribution in [3.05, 3.63) is 28.8 Å². The molecule has 2 rings (SSSR count). The first-order valence-corrected chi connectivity index (χ1v) is 6.03. The van der Waals surface area contributed by atoms with E-state index in [-0.39, 0.29) is 18.0 Å². The predicted molar refractivity (Wildman–Crippen MR) is 65.9 cm³/mol. The van der Waals surface area contributed by atoms with E-state index in [1.165, 1.54) is 7.11 Å². The molecular weight excluding hydrogens is 240 g/mol. The number of carbonyl (C=O) groups excluding carboxylic acids is 1. The van der Waals surface area contributed by atoms with Gasteiger partial charge in [0.2, 0.25) is 0 Å². The normalized spacial score (nSPS) is 23.7. The number of benzene rings is 1. The van der Waals surface area contributed by atoms with E-state index >= 15 is 0 Å². The van der Waals surface area contributed by atoms with Crippen molar-refractivity contribution in [3.8, 4) is 5.75 Å². The lowest BCUT2D eigenvalue weighted by molar-refractivity contribution is 0.0431. The van der Waals surface area contributed by atoms with Crippen LogP contribution in [-0.4, -0.2) is 25.1 Å². The number of hydrogen-bond donors (Lipinski definition) is 0. The van der Waals surface area contributed by atoms with E-state index in [4.69, 9.17) is 21.1 Å². The third-order valence-corrected chi connectivity index (χ3v) is 3.19. The summed E-state index contributed by atoms with van der Waals surface area (Å²) in [7, 11) is 1.54. The van der Waals surface area contributed by atoms with Crippen LogP contribution >= 0.6 is 11.6 Å². The Labute approximate surface area is 106 Å². The standard InChI is InChI=1S/C13H15ClO3/c1-8-3-5-12(17-8)13(15)10-7-9(14)4-6-11(10)16-2/h4,6-8,12H,3,5H2,1-2H3. The van der Waals surface area contributed by atoms with E-state index in [0.29, 0.717) is 16.3 Å². The lowest BCUT2D eigenvalue weighted by Crippen LogP contribution is -2.21. The molecule has 3 nitrogen and oxygen atoms in total. The Morgan fingerprint density at radius 1 is 1.47 bits per heavy atom. The lowest BCUT2D eigenvalue weighted by atomic mass is 10.0. The van der Waals surface area contributed by atoms with Crippen LogP contribution in [0.4, 0.5) is 0 Å². The van der Waals surface area contributed by atoms with Crippen LogP contribution < -0.4 is 4.74 Å². The molecule has 0 saturated carbocycles. The molecule has 0 amide bonds. The summed E-state index contributed by atoms with van der Waals surface area (Å²) in [5.74, 6) is 0.497. The molecule has 0 aromatic heterocycles. The molecule has 1 fully saturated rings. The van der Waals surface area contributed by atoms with Gasteiger partial charge in [0.1, 0.15) is 11.9 Å². The Hall–Kier alpha value is -1.06. The second kappa shape index (κ2) is 5.07. The van der Waals surface area contributed by atoms with Crippen LogP contribution in [0.15, 0.2) is 18.2 Å². The fourth-order valence-corrected chi connectivity index (χ4v) is 2.21. The van der Waals surface area contributed by atoms with Crippen molar-refractivity contribution >= 4 is 17.4 Å². The van der Waals surface area contributed by atoms with E-state index in [0.717, 1.165) is 12.8 Å². The Morgan fingerprint density at radius 2 is 2.24 bits per heavy atom.